The molecule has 0 bridgehead atoms. The Kier molecular flexibility index (Phi) is 3.21. The molecule has 2 rings (SSSR count). The lowest BCUT2D eigenvalue weighted by Crippen LogP contribution is -1.97. The highest BCUT2D eigenvalue weighted by Crippen LogP contribution is 2.22. The number of hydrogen-bond donors (Lipinski definition) is 0. The summed E-state index contributed by atoms with van der Waals surface area (Å²) in [7, 11) is 0. The fraction of sp³-hybridized carbons (Fsp3) is 0.0833. The molecule has 0 aliphatic rings. The van der Waals surface area contributed by atoms with Gasteiger partial charge in [-0.25, -0.2) is 4.21 Å². The van der Waals surface area contributed by atoms with Gasteiger partial charge >= 0.3 is 0 Å². The Morgan fingerprint density at radius 1 is 1.18 bits per heavy atom. The van der Waals surface area contributed by atoms with E-state index in [9.17, 15) is 13.6 Å². The molecule has 0 saturated heterocycles. The highest BCUT2D eigenvalue weighted by molar-refractivity contribution is 7.74. The molecule has 0 aliphatic heterocycles. The van der Waals surface area contributed by atoms with Crippen LogP contribution < -0.4 is 4.18 Å². The molecule has 2 aromatic rings. The molecule has 17 heavy (non-hydrogen) atoms. The largest absolute Gasteiger partial charge is 0.740 e. The van der Waals surface area contributed by atoms with Crippen molar-refractivity contribution >= 4 is 27.9 Å². The smallest absolute Gasteiger partial charge is 0.159 e. The number of hydrogen-bond acceptors (Lipinski definition) is 4. The Balaban J connectivity index is 2.46. The fourth-order valence-corrected chi connectivity index (χ4v) is 1.83. The third-order valence-electron chi connectivity index (χ3n) is 2.38. The van der Waals surface area contributed by atoms with E-state index in [1.165, 1.54) is 6.92 Å². The Hall–Kier alpha value is -1.72. The molecule has 0 aliphatic carbocycles. The molecule has 0 N–H and O–H groups in total. The van der Waals surface area contributed by atoms with Crippen molar-refractivity contribution in [2.24, 2.45) is 0 Å². The van der Waals surface area contributed by atoms with E-state index in [4.69, 9.17) is 0 Å². The standard InChI is InChI=1S/C12H10O4S/c1-8(13)9-2-3-11-7-12(16-17(14)15)5-4-10(11)6-9/h2-7H,1H3,(H,14,15)/p-1. The van der Waals surface area contributed by atoms with Gasteiger partial charge in [0, 0.05) is 5.56 Å². The Bertz CT molecular complexity index is 606. The minimum absolute atomic E-state index is 0.00658. The maximum absolute atomic E-state index is 11.2. The Labute approximate surface area is 101 Å². The van der Waals surface area contributed by atoms with Crippen molar-refractivity contribution in [3.63, 3.8) is 0 Å². The van der Waals surface area contributed by atoms with Crippen molar-refractivity contribution in [3.8, 4) is 5.75 Å². The second-order valence-corrected chi connectivity index (χ2v) is 4.14. The van der Waals surface area contributed by atoms with Crippen LogP contribution in [0.5, 0.6) is 5.75 Å². The van der Waals surface area contributed by atoms with Gasteiger partial charge in [-0.15, -0.1) is 0 Å². The van der Waals surface area contributed by atoms with Gasteiger partial charge in [0.2, 0.25) is 0 Å². The number of rotatable bonds is 3. The molecule has 0 radical (unpaired) electrons. The van der Waals surface area contributed by atoms with Gasteiger partial charge in [0.25, 0.3) is 0 Å². The maximum Gasteiger partial charge on any atom is 0.159 e. The van der Waals surface area contributed by atoms with E-state index in [1.54, 1.807) is 36.4 Å². The first-order chi connectivity index (χ1) is 8.06. The van der Waals surface area contributed by atoms with Gasteiger partial charge in [-0.1, -0.05) is 18.2 Å². The molecule has 1 atom stereocenters. The first kappa shape index (κ1) is 11.8. The van der Waals surface area contributed by atoms with Crippen molar-refractivity contribution in [2.45, 2.75) is 6.92 Å². The van der Waals surface area contributed by atoms with Crippen LogP contribution >= 0.6 is 0 Å². The molecule has 0 amide bonds. The molecule has 0 heterocycles. The van der Waals surface area contributed by atoms with Gasteiger partial charge in [0.1, 0.15) is 17.1 Å². The number of fused-ring (bicyclic) bond motifs is 1. The predicted molar refractivity (Wildman–Crippen MR) is 63.5 cm³/mol. The van der Waals surface area contributed by atoms with Gasteiger partial charge in [-0.2, -0.15) is 0 Å². The normalized spacial score (nSPS) is 12.4. The van der Waals surface area contributed by atoms with Crippen LogP contribution in [0, 0.1) is 0 Å². The lowest BCUT2D eigenvalue weighted by molar-refractivity contribution is 0.101. The lowest BCUT2D eigenvalue weighted by Gasteiger charge is -2.08. The van der Waals surface area contributed by atoms with Crippen molar-refractivity contribution in [3.05, 3.63) is 42.0 Å². The third kappa shape index (κ3) is 2.69. The summed E-state index contributed by atoms with van der Waals surface area (Å²) in [5, 5.41) is 1.68. The van der Waals surface area contributed by atoms with Crippen LogP contribution in [0.25, 0.3) is 10.8 Å². The minimum Gasteiger partial charge on any atom is -0.740 e. The van der Waals surface area contributed by atoms with Gasteiger partial charge < -0.3 is 8.74 Å². The molecule has 0 aromatic heterocycles. The zero-order chi connectivity index (χ0) is 12.4. The average Bonchev–Trinajstić information content (AvgIpc) is 2.27. The van der Waals surface area contributed by atoms with Crippen LogP contribution in [0.1, 0.15) is 17.3 Å². The number of carbonyl (C=O) groups is 1. The highest BCUT2D eigenvalue weighted by Gasteiger charge is 2.02. The maximum atomic E-state index is 11.2. The number of benzene rings is 2. The topological polar surface area (TPSA) is 66.4 Å². The first-order valence-corrected chi connectivity index (χ1v) is 5.88. The van der Waals surface area contributed by atoms with E-state index in [0.717, 1.165) is 10.8 Å². The van der Waals surface area contributed by atoms with E-state index in [1.807, 2.05) is 0 Å². The minimum atomic E-state index is -2.58. The van der Waals surface area contributed by atoms with Gasteiger partial charge in [0.15, 0.2) is 5.78 Å². The third-order valence-corrected chi connectivity index (χ3v) is 2.71. The summed E-state index contributed by atoms with van der Waals surface area (Å²) in [6.07, 6.45) is 0. The van der Waals surface area contributed by atoms with Crippen LogP contribution in [0.2, 0.25) is 0 Å². The monoisotopic (exact) mass is 249 g/mol. The van der Waals surface area contributed by atoms with Crippen molar-refractivity contribution in [1.29, 1.82) is 0 Å². The number of ketones is 1. The summed E-state index contributed by atoms with van der Waals surface area (Å²) < 4.78 is 25.3. The summed E-state index contributed by atoms with van der Waals surface area (Å²) in [4.78, 5) is 11.2. The van der Waals surface area contributed by atoms with Crippen LogP contribution in [-0.2, 0) is 11.4 Å². The van der Waals surface area contributed by atoms with E-state index < -0.39 is 11.4 Å². The van der Waals surface area contributed by atoms with E-state index in [2.05, 4.69) is 4.18 Å². The SMILES string of the molecule is CC(=O)c1ccc2cc(OS(=O)[O-])ccc2c1. The summed E-state index contributed by atoms with van der Waals surface area (Å²) >= 11 is -2.58. The molecular formula is C12H9O4S-. The molecular weight excluding hydrogens is 240 g/mol. The van der Waals surface area contributed by atoms with Crippen LogP contribution in [0.3, 0.4) is 0 Å². The second kappa shape index (κ2) is 4.65. The number of Topliss-reactive ketones (excluding diaryl/α,β-unsaturated/α-hetero) is 1. The molecule has 5 heteroatoms. The summed E-state index contributed by atoms with van der Waals surface area (Å²) in [6.45, 7) is 1.50. The Morgan fingerprint density at radius 3 is 2.47 bits per heavy atom. The average molecular weight is 249 g/mol. The lowest BCUT2D eigenvalue weighted by atomic mass is 10.0. The zero-order valence-electron chi connectivity index (χ0n) is 9.01. The fourth-order valence-electron chi connectivity index (χ4n) is 1.57. The molecule has 2 aromatic carbocycles. The molecule has 1 unspecified atom stereocenters. The highest BCUT2D eigenvalue weighted by atomic mass is 32.2. The van der Waals surface area contributed by atoms with Crippen LogP contribution in [0.4, 0.5) is 0 Å². The zero-order valence-corrected chi connectivity index (χ0v) is 9.82. The van der Waals surface area contributed by atoms with Crippen LogP contribution in [0.15, 0.2) is 36.4 Å². The van der Waals surface area contributed by atoms with Crippen molar-refractivity contribution in [1.82, 2.24) is 0 Å². The molecule has 0 fully saturated rings. The molecule has 0 saturated carbocycles. The molecule has 0 spiro atoms. The quantitative estimate of drug-likeness (QED) is 0.618. The van der Waals surface area contributed by atoms with Gasteiger partial charge in [-0.3, -0.25) is 4.79 Å². The second-order valence-electron chi connectivity index (χ2n) is 3.57. The van der Waals surface area contributed by atoms with Crippen molar-refractivity contribution in [2.75, 3.05) is 0 Å². The molecule has 4 nitrogen and oxygen atoms in total. The summed E-state index contributed by atoms with van der Waals surface area (Å²) in [5.74, 6) is 0.245. The van der Waals surface area contributed by atoms with Crippen molar-refractivity contribution < 1.29 is 17.7 Å². The van der Waals surface area contributed by atoms with E-state index >= 15 is 0 Å². The molecule has 88 valence electrons. The van der Waals surface area contributed by atoms with Gasteiger partial charge in [0.05, 0.1) is 0 Å². The Morgan fingerprint density at radius 2 is 1.82 bits per heavy atom. The summed E-state index contributed by atoms with van der Waals surface area (Å²) in [5.41, 5.74) is 0.624. The van der Waals surface area contributed by atoms with Gasteiger partial charge in [-0.05, 0) is 35.9 Å². The first-order valence-electron chi connectivity index (χ1n) is 4.88. The number of carbonyl (C=O) groups excluding carboxylic acids is 1. The van der Waals surface area contributed by atoms with E-state index in [-0.39, 0.29) is 11.5 Å². The van der Waals surface area contributed by atoms with Crippen LogP contribution in [-0.4, -0.2) is 14.5 Å². The summed E-state index contributed by atoms with van der Waals surface area (Å²) in [6, 6.07) is 10.1. The predicted octanol–water partition coefficient (Wildman–Crippen LogP) is 2.22. The van der Waals surface area contributed by atoms with E-state index in [0.29, 0.717) is 5.56 Å².